The van der Waals surface area contributed by atoms with Gasteiger partial charge in [0.05, 0.1) is 13.2 Å². The number of benzene rings is 2. The molecule has 5 heteroatoms. The molecule has 26 heavy (non-hydrogen) atoms. The van der Waals surface area contributed by atoms with E-state index < -0.39 is 7.14 Å². The van der Waals surface area contributed by atoms with Crippen molar-refractivity contribution in [1.29, 1.82) is 0 Å². The molecule has 0 saturated carbocycles. The normalized spacial score (nSPS) is 17.1. The minimum Gasteiger partial charge on any atom is -0.379 e. The Kier molecular flexibility index (Phi) is 5.37. The second-order valence-corrected chi connectivity index (χ2v) is 10.2. The highest BCUT2D eigenvalue weighted by atomic mass is 32.1. The first-order valence-corrected chi connectivity index (χ1v) is 11.5. The van der Waals surface area contributed by atoms with Crippen molar-refractivity contribution in [2.24, 2.45) is 0 Å². The average molecular weight is 383 g/mol. The molecule has 0 radical (unpaired) electrons. The number of hydrogen-bond acceptors (Lipinski definition) is 4. The summed E-state index contributed by atoms with van der Waals surface area (Å²) in [7, 11) is -2.91. The highest BCUT2D eigenvalue weighted by Gasteiger charge is 2.42. The molecule has 0 N–H and O–H groups in total. The maximum atomic E-state index is 14.8. The molecule has 1 saturated heterocycles. The standard InChI is InChI=1S/C21H22NO2PS/c23-25(18-8-3-1-4-9-18,19-10-5-2-6-11-19)21(20-12-7-17-26-20)22-13-15-24-16-14-22/h1-12,17,21H,13-16H2/t21-/m1/s1. The second kappa shape index (κ2) is 7.89. The summed E-state index contributed by atoms with van der Waals surface area (Å²) in [6.45, 7) is 2.97. The molecule has 1 fully saturated rings. The van der Waals surface area contributed by atoms with Gasteiger partial charge in [0.2, 0.25) is 0 Å². The minimum atomic E-state index is -2.91. The van der Waals surface area contributed by atoms with Crippen LogP contribution in [0.4, 0.5) is 0 Å². The lowest BCUT2D eigenvalue weighted by Gasteiger charge is -2.39. The van der Waals surface area contributed by atoms with Gasteiger partial charge in [-0.25, -0.2) is 0 Å². The Labute approximate surface area is 158 Å². The van der Waals surface area contributed by atoms with Gasteiger partial charge in [-0.05, 0) is 11.4 Å². The molecule has 134 valence electrons. The van der Waals surface area contributed by atoms with Crippen LogP contribution in [0.3, 0.4) is 0 Å². The smallest absolute Gasteiger partial charge is 0.164 e. The van der Waals surface area contributed by atoms with Crippen LogP contribution in [0.2, 0.25) is 0 Å². The van der Waals surface area contributed by atoms with E-state index in [1.165, 1.54) is 0 Å². The molecule has 0 unspecified atom stereocenters. The Morgan fingerprint density at radius 3 is 1.92 bits per heavy atom. The zero-order valence-electron chi connectivity index (χ0n) is 14.5. The Morgan fingerprint density at radius 1 is 0.846 bits per heavy atom. The molecular formula is C21H22NO2PS. The minimum absolute atomic E-state index is 0.156. The lowest BCUT2D eigenvalue weighted by Crippen LogP contribution is -2.41. The van der Waals surface area contributed by atoms with Crippen LogP contribution in [0.25, 0.3) is 0 Å². The molecule has 4 rings (SSSR count). The van der Waals surface area contributed by atoms with E-state index in [0.717, 1.165) is 28.6 Å². The van der Waals surface area contributed by atoms with Gasteiger partial charge in [0.15, 0.2) is 7.14 Å². The number of ether oxygens (including phenoxy) is 1. The summed E-state index contributed by atoms with van der Waals surface area (Å²) in [5.41, 5.74) is 0. The van der Waals surface area contributed by atoms with Crippen LogP contribution in [-0.2, 0) is 9.30 Å². The largest absolute Gasteiger partial charge is 0.379 e. The number of hydrogen-bond donors (Lipinski definition) is 0. The second-order valence-electron chi connectivity index (χ2n) is 6.37. The van der Waals surface area contributed by atoms with Gasteiger partial charge in [0, 0.05) is 28.6 Å². The van der Waals surface area contributed by atoms with Crippen LogP contribution in [0.15, 0.2) is 78.2 Å². The highest BCUT2D eigenvalue weighted by Crippen LogP contribution is 2.59. The maximum absolute atomic E-state index is 14.8. The van der Waals surface area contributed by atoms with Crippen LogP contribution >= 0.6 is 18.5 Å². The van der Waals surface area contributed by atoms with Crippen molar-refractivity contribution in [2.45, 2.75) is 5.78 Å². The highest BCUT2D eigenvalue weighted by molar-refractivity contribution is 7.79. The van der Waals surface area contributed by atoms with Crippen molar-refractivity contribution in [1.82, 2.24) is 4.90 Å². The van der Waals surface area contributed by atoms with Crippen molar-refractivity contribution in [2.75, 3.05) is 26.3 Å². The summed E-state index contributed by atoms with van der Waals surface area (Å²) in [5, 5.41) is 3.90. The molecule has 0 aliphatic carbocycles. The van der Waals surface area contributed by atoms with Gasteiger partial charge in [-0.1, -0.05) is 66.7 Å². The van der Waals surface area contributed by atoms with Gasteiger partial charge >= 0.3 is 0 Å². The first-order chi connectivity index (χ1) is 12.8. The van der Waals surface area contributed by atoms with Crippen molar-refractivity contribution in [3.05, 3.63) is 83.1 Å². The third-order valence-electron chi connectivity index (χ3n) is 4.81. The monoisotopic (exact) mass is 383 g/mol. The maximum Gasteiger partial charge on any atom is 0.164 e. The van der Waals surface area contributed by atoms with Gasteiger partial charge in [-0.3, -0.25) is 4.90 Å². The van der Waals surface area contributed by atoms with Crippen LogP contribution in [0.1, 0.15) is 10.7 Å². The van der Waals surface area contributed by atoms with E-state index in [4.69, 9.17) is 4.74 Å². The van der Waals surface area contributed by atoms with E-state index in [1.54, 1.807) is 11.3 Å². The lowest BCUT2D eigenvalue weighted by molar-refractivity contribution is 0.0313. The van der Waals surface area contributed by atoms with Gasteiger partial charge < -0.3 is 9.30 Å². The summed E-state index contributed by atoms with van der Waals surface area (Å²) < 4.78 is 20.4. The van der Waals surface area contributed by atoms with Crippen molar-refractivity contribution in [3.8, 4) is 0 Å². The summed E-state index contributed by atoms with van der Waals surface area (Å²) in [5.74, 6) is -0.156. The van der Waals surface area contributed by atoms with Gasteiger partial charge in [0.1, 0.15) is 5.78 Å². The van der Waals surface area contributed by atoms with Crippen LogP contribution < -0.4 is 10.6 Å². The average Bonchev–Trinajstić information content (AvgIpc) is 3.24. The molecule has 2 heterocycles. The third-order valence-corrected chi connectivity index (χ3v) is 9.34. The molecule has 0 bridgehead atoms. The number of morpholine rings is 1. The summed E-state index contributed by atoms with van der Waals surface area (Å²) in [6.07, 6.45) is 0. The fourth-order valence-corrected chi connectivity index (χ4v) is 8.18. The molecule has 2 aromatic carbocycles. The van der Waals surface area contributed by atoms with Crippen molar-refractivity contribution in [3.63, 3.8) is 0 Å². The molecule has 1 aliphatic rings. The molecule has 3 nitrogen and oxygen atoms in total. The van der Waals surface area contributed by atoms with Crippen LogP contribution in [0.5, 0.6) is 0 Å². The van der Waals surface area contributed by atoms with E-state index in [1.807, 2.05) is 66.7 Å². The molecule has 1 aliphatic heterocycles. The van der Waals surface area contributed by atoms with E-state index >= 15 is 0 Å². The Morgan fingerprint density at radius 2 is 1.42 bits per heavy atom. The van der Waals surface area contributed by atoms with E-state index in [9.17, 15) is 4.57 Å². The molecule has 3 aromatic rings. The van der Waals surface area contributed by atoms with Crippen molar-refractivity contribution >= 4 is 29.1 Å². The SMILES string of the molecule is O=P(c1ccccc1)(c1ccccc1)[C@H](c1cccs1)N1CCOCC1. The van der Waals surface area contributed by atoms with E-state index in [0.29, 0.717) is 13.2 Å². The first-order valence-electron chi connectivity index (χ1n) is 8.86. The summed E-state index contributed by atoms with van der Waals surface area (Å²) in [4.78, 5) is 3.50. The number of thiophene rings is 1. The van der Waals surface area contributed by atoms with Crippen LogP contribution in [0, 0.1) is 0 Å². The topological polar surface area (TPSA) is 29.5 Å². The van der Waals surface area contributed by atoms with Gasteiger partial charge in [-0.2, -0.15) is 0 Å². The van der Waals surface area contributed by atoms with Crippen molar-refractivity contribution < 1.29 is 9.30 Å². The zero-order valence-corrected chi connectivity index (χ0v) is 16.2. The molecular weight excluding hydrogens is 361 g/mol. The Bertz CT molecular complexity index is 818. The first kappa shape index (κ1) is 17.7. The third kappa shape index (κ3) is 3.30. The summed E-state index contributed by atoms with van der Waals surface area (Å²) in [6, 6.07) is 24.1. The Balaban J connectivity index is 1.91. The predicted octanol–water partition coefficient (Wildman–Crippen LogP) is 4.09. The fourth-order valence-electron chi connectivity index (χ4n) is 3.58. The predicted molar refractivity (Wildman–Crippen MR) is 109 cm³/mol. The lowest BCUT2D eigenvalue weighted by atomic mass is 10.3. The number of nitrogens with zero attached hydrogens (tertiary/aromatic N) is 1. The zero-order chi connectivity index (χ0) is 17.8. The van der Waals surface area contributed by atoms with Gasteiger partial charge in [-0.15, -0.1) is 11.3 Å². The number of rotatable bonds is 5. The summed E-state index contributed by atoms with van der Waals surface area (Å²) >= 11 is 1.69. The molecule has 0 amide bonds. The molecule has 1 aromatic heterocycles. The molecule has 0 spiro atoms. The van der Waals surface area contributed by atoms with Gasteiger partial charge in [0.25, 0.3) is 0 Å². The fraction of sp³-hybridized carbons (Fsp3) is 0.238. The van der Waals surface area contributed by atoms with E-state index in [-0.39, 0.29) is 5.78 Å². The Hall–Kier alpha value is -1.71. The quantitative estimate of drug-likeness (QED) is 0.622. The molecule has 1 atom stereocenters. The van der Waals surface area contributed by atoms with E-state index in [2.05, 4.69) is 16.3 Å². The van der Waals surface area contributed by atoms with Crippen LogP contribution in [-0.4, -0.2) is 31.2 Å².